The molecule has 0 saturated heterocycles. The minimum absolute atomic E-state index is 0.231. The van der Waals surface area contributed by atoms with E-state index in [-0.39, 0.29) is 11.6 Å². The highest BCUT2D eigenvalue weighted by molar-refractivity contribution is 7.98. The van der Waals surface area contributed by atoms with Crippen molar-refractivity contribution in [2.24, 2.45) is 0 Å². The van der Waals surface area contributed by atoms with E-state index in [0.717, 1.165) is 16.1 Å². The summed E-state index contributed by atoms with van der Waals surface area (Å²) >= 11 is 4.60. The van der Waals surface area contributed by atoms with Gasteiger partial charge >= 0.3 is 0 Å². The van der Waals surface area contributed by atoms with Crippen molar-refractivity contribution in [3.05, 3.63) is 58.9 Å². The van der Waals surface area contributed by atoms with E-state index < -0.39 is 0 Å². The molecule has 5 nitrogen and oxygen atoms in total. The lowest BCUT2D eigenvalue weighted by molar-refractivity contribution is 0.101. The number of carbonyl (C=O) groups excluding carboxylic acids is 1. The molecule has 0 bridgehead atoms. The van der Waals surface area contributed by atoms with Crippen molar-refractivity contribution in [1.29, 1.82) is 0 Å². The van der Waals surface area contributed by atoms with Gasteiger partial charge in [-0.15, -0.1) is 34.4 Å². The molecule has 0 aliphatic carbocycles. The van der Waals surface area contributed by atoms with Gasteiger partial charge in [0.05, 0.1) is 10.6 Å². The molecule has 1 aromatic carbocycles. The first-order chi connectivity index (χ1) is 12.7. The van der Waals surface area contributed by atoms with Crippen LogP contribution in [-0.2, 0) is 0 Å². The summed E-state index contributed by atoms with van der Waals surface area (Å²) in [6.45, 7) is 0. The maximum absolute atomic E-state index is 12.4. The minimum Gasteiger partial charge on any atom is -0.355 e. The van der Waals surface area contributed by atoms with Crippen LogP contribution in [-0.4, -0.2) is 22.3 Å². The zero-order valence-electron chi connectivity index (χ0n) is 13.6. The van der Waals surface area contributed by atoms with Crippen LogP contribution in [0.1, 0.15) is 10.5 Å². The molecule has 0 aliphatic heterocycles. The van der Waals surface area contributed by atoms with E-state index >= 15 is 0 Å². The van der Waals surface area contributed by atoms with Crippen LogP contribution >= 0.6 is 34.4 Å². The molecule has 4 rings (SSSR count). The maximum Gasteiger partial charge on any atom is 0.279 e. The van der Waals surface area contributed by atoms with Crippen LogP contribution in [0.4, 0.5) is 5.13 Å². The molecule has 0 fully saturated rings. The van der Waals surface area contributed by atoms with Gasteiger partial charge in [-0.25, -0.2) is 4.98 Å². The Morgan fingerprint density at radius 3 is 2.77 bits per heavy atom. The van der Waals surface area contributed by atoms with Gasteiger partial charge in [-0.1, -0.05) is 23.4 Å². The highest BCUT2D eigenvalue weighted by atomic mass is 32.2. The summed E-state index contributed by atoms with van der Waals surface area (Å²) in [4.78, 5) is 19.0. The van der Waals surface area contributed by atoms with Crippen LogP contribution in [0.25, 0.3) is 21.9 Å². The summed E-state index contributed by atoms with van der Waals surface area (Å²) in [5.74, 6) is 0.244. The number of rotatable bonds is 5. The van der Waals surface area contributed by atoms with Crippen LogP contribution in [0.5, 0.6) is 0 Å². The fourth-order valence-corrected chi connectivity index (χ4v) is 4.10. The average molecular weight is 400 g/mol. The number of nitrogens with one attached hydrogen (secondary N) is 1. The number of nitrogens with zero attached hydrogens (tertiary/aromatic N) is 2. The third-order valence-electron chi connectivity index (χ3n) is 3.62. The molecule has 0 atom stereocenters. The van der Waals surface area contributed by atoms with Gasteiger partial charge < -0.3 is 4.52 Å². The normalized spacial score (nSPS) is 10.8. The van der Waals surface area contributed by atoms with E-state index in [1.165, 1.54) is 27.6 Å². The monoisotopic (exact) mass is 399 g/mol. The second-order valence-corrected chi connectivity index (χ2v) is 7.96. The summed E-state index contributed by atoms with van der Waals surface area (Å²) in [5.41, 5.74) is 2.08. The van der Waals surface area contributed by atoms with Gasteiger partial charge in [-0.2, -0.15) is 0 Å². The number of carbonyl (C=O) groups is 1. The molecule has 0 radical (unpaired) electrons. The van der Waals surface area contributed by atoms with Gasteiger partial charge in [0, 0.05) is 21.9 Å². The summed E-state index contributed by atoms with van der Waals surface area (Å²) < 4.78 is 5.24. The van der Waals surface area contributed by atoms with E-state index in [0.29, 0.717) is 10.9 Å². The lowest BCUT2D eigenvalue weighted by Gasteiger charge is -1.99. The number of thiophene rings is 1. The Kier molecular flexibility index (Phi) is 4.87. The molecule has 0 aliphatic rings. The molecule has 4 aromatic rings. The lowest BCUT2D eigenvalue weighted by atomic mass is 10.2. The molecule has 26 heavy (non-hydrogen) atoms. The van der Waals surface area contributed by atoms with Crippen LogP contribution in [0.2, 0.25) is 0 Å². The van der Waals surface area contributed by atoms with Gasteiger partial charge in [0.25, 0.3) is 5.91 Å². The Balaban J connectivity index is 1.47. The second kappa shape index (κ2) is 7.45. The summed E-state index contributed by atoms with van der Waals surface area (Å²) in [5, 5.41) is 11.0. The topological polar surface area (TPSA) is 68.0 Å². The highest BCUT2D eigenvalue weighted by Gasteiger charge is 2.16. The molecule has 8 heteroatoms. The van der Waals surface area contributed by atoms with Crippen molar-refractivity contribution < 1.29 is 9.32 Å². The Morgan fingerprint density at radius 1 is 1.19 bits per heavy atom. The molecule has 0 spiro atoms. The van der Waals surface area contributed by atoms with Crippen LogP contribution in [0, 0.1) is 0 Å². The molecule has 1 N–H and O–H groups in total. The molecule has 3 aromatic heterocycles. The van der Waals surface area contributed by atoms with Crippen molar-refractivity contribution in [2.45, 2.75) is 4.90 Å². The van der Waals surface area contributed by atoms with Crippen molar-refractivity contribution in [3.8, 4) is 21.9 Å². The number of thioether (sulfide) groups is 1. The summed E-state index contributed by atoms with van der Waals surface area (Å²) in [6.07, 6.45) is 2.04. The first-order valence-electron chi connectivity index (χ1n) is 7.65. The SMILES string of the molecule is CSc1ccc(-c2csc(NC(=O)c3cc(-c4cccs4)on3)n2)cc1. The summed E-state index contributed by atoms with van der Waals surface area (Å²) in [7, 11) is 0. The predicted molar refractivity (Wildman–Crippen MR) is 107 cm³/mol. The van der Waals surface area contributed by atoms with Crippen molar-refractivity contribution >= 4 is 45.5 Å². The van der Waals surface area contributed by atoms with Crippen LogP contribution in [0.3, 0.4) is 0 Å². The van der Waals surface area contributed by atoms with Crippen molar-refractivity contribution in [3.63, 3.8) is 0 Å². The third kappa shape index (κ3) is 3.57. The third-order valence-corrected chi connectivity index (χ3v) is 6.00. The molecule has 130 valence electrons. The maximum atomic E-state index is 12.4. The number of anilines is 1. The number of hydrogen-bond acceptors (Lipinski definition) is 7. The Morgan fingerprint density at radius 2 is 2.04 bits per heavy atom. The number of hydrogen-bond donors (Lipinski definition) is 1. The van der Waals surface area contributed by atoms with Crippen molar-refractivity contribution in [1.82, 2.24) is 10.1 Å². The molecule has 0 unspecified atom stereocenters. The average Bonchev–Trinajstić information content (AvgIpc) is 3.41. The number of benzene rings is 1. The van der Waals surface area contributed by atoms with E-state index in [9.17, 15) is 4.79 Å². The summed E-state index contributed by atoms with van der Waals surface area (Å²) in [6, 6.07) is 13.6. The number of amides is 1. The van der Waals surface area contributed by atoms with E-state index in [2.05, 4.69) is 27.6 Å². The molecule has 3 heterocycles. The van der Waals surface area contributed by atoms with Crippen LogP contribution in [0.15, 0.2) is 62.6 Å². The zero-order chi connectivity index (χ0) is 17.9. The minimum atomic E-state index is -0.338. The Hall–Kier alpha value is -2.42. The standard InChI is InChI=1S/C18H13N3O2S3/c1-24-12-6-4-11(5-7-12)14-10-26-18(19-14)20-17(22)13-9-15(23-21-13)16-3-2-8-25-16/h2-10H,1H3,(H,19,20,22). The van der Waals surface area contributed by atoms with Gasteiger partial charge in [0.15, 0.2) is 16.6 Å². The van der Waals surface area contributed by atoms with Gasteiger partial charge in [-0.3, -0.25) is 10.1 Å². The first kappa shape index (κ1) is 17.0. The zero-order valence-corrected chi connectivity index (χ0v) is 16.1. The van der Waals surface area contributed by atoms with E-state index in [1.54, 1.807) is 17.8 Å². The second-order valence-electron chi connectivity index (χ2n) is 5.27. The van der Waals surface area contributed by atoms with Gasteiger partial charge in [-0.05, 0) is 29.8 Å². The fourth-order valence-electron chi connectivity index (χ4n) is 2.30. The molecular formula is C18H13N3O2S3. The largest absolute Gasteiger partial charge is 0.355 e. The highest BCUT2D eigenvalue weighted by Crippen LogP contribution is 2.28. The Bertz CT molecular complexity index is 1020. The molecule has 0 saturated carbocycles. The van der Waals surface area contributed by atoms with E-state index in [1.807, 2.05) is 41.3 Å². The van der Waals surface area contributed by atoms with Gasteiger partial charge in [0.1, 0.15) is 0 Å². The Labute approximate surface area is 162 Å². The first-order valence-corrected chi connectivity index (χ1v) is 10.6. The van der Waals surface area contributed by atoms with Crippen LogP contribution < -0.4 is 5.32 Å². The molecule has 1 amide bonds. The fraction of sp³-hybridized carbons (Fsp3) is 0.0556. The van der Waals surface area contributed by atoms with Crippen molar-refractivity contribution in [2.75, 3.05) is 11.6 Å². The lowest BCUT2D eigenvalue weighted by Crippen LogP contribution is -2.11. The smallest absolute Gasteiger partial charge is 0.279 e. The van der Waals surface area contributed by atoms with Gasteiger partial charge in [0.2, 0.25) is 0 Å². The van der Waals surface area contributed by atoms with E-state index in [4.69, 9.17) is 4.52 Å². The quantitative estimate of drug-likeness (QED) is 0.449. The molecular weight excluding hydrogens is 386 g/mol. The number of aromatic nitrogens is 2. The number of thiazole rings is 1. The predicted octanol–water partition coefficient (Wildman–Crippen LogP) is 5.50.